The Bertz CT molecular complexity index is 222. The van der Waals surface area contributed by atoms with Gasteiger partial charge in [-0.15, -0.1) is 0 Å². The number of aryl methyl sites for hydroxylation is 1. The quantitative estimate of drug-likeness (QED) is 0.666. The van der Waals surface area contributed by atoms with E-state index in [9.17, 15) is 0 Å². The van der Waals surface area contributed by atoms with Crippen molar-refractivity contribution < 1.29 is 4.52 Å². The summed E-state index contributed by atoms with van der Waals surface area (Å²) in [5.74, 6) is 0.715. The molecule has 0 unspecified atom stereocenters. The van der Waals surface area contributed by atoms with Crippen LogP contribution in [-0.2, 0) is 0 Å². The second-order valence-corrected chi connectivity index (χ2v) is 5.05. The molecule has 1 rings (SSSR count). The zero-order valence-corrected chi connectivity index (χ0v) is 8.33. The summed E-state index contributed by atoms with van der Waals surface area (Å²) in [4.78, 5) is 0. The zero-order chi connectivity index (χ0) is 8.27. The third-order valence-corrected chi connectivity index (χ3v) is 1.96. The first kappa shape index (κ1) is 9.12. The summed E-state index contributed by atoms with van der Waals surface area (Å²) in [5.41, 5.74) is 1.19. The molecular formula is C7H7Cl2OP. The van der Waals surface area contributed by atoms with Crippen LogP contribution >= 0.6 is 29.3 Å². The summed E-state index contributed by atoms with van der Waals surface area (Å²) < 4.78 is 5.06. The van der Waals surface area contributed by atoms with E-state index in [0.717, 1.165) is 0 Å². The van der Waals surface area contributed by atoms with Gasteiger partial charge in [-0.05, 0) is 41.5 Å². The fourth-order valence-corrected chi connectivity index (χ4v) is 1.44. The molecule has 4 heteroatoms. The molecular weight excluding hydrogens is 202 g/mol. The fourth-order valence-electron chi connectivity index (χ4n) is 0.679. The van der Waals surface area contributed by atoms with Crippen LogP contribution in [0.3, 0.4) is 0 Å². The van der Waals surface area contributed by atoms with Crippen molar-refractivity contribution in [2.24, 2.45) is 0 Å². The van der Waals surface area contributed by atoms with E-state index < -0.39 is 6.85 Å². The van der Waals surface area contributed by atoms with Gasteiger partial charge in [-0.2, -0.15) is 0 Å². The van der Waals surface area contributed by atoms with Gasteiger partial charge in [0.1, 0.15) is 5.75 Å². The van der Waals surface area contributed by atoms with Gasteiger partial charge in [-0.3, -0.25) is 0 Å². The highest BCUT2D eigenvalue weighted by molar-refractivity contribution is 8.00. The molecule has 0 aromatic heterocycles. The lowest BCUT2D eigenvalue weighted by atomic mass is 10.2. The summed E-state index contributed by atoms with van der Waals surface area (Å²) in [6.45, 7) is 0.666. The molecule has 11 heavy (non-hydrogen) atoms. The summed E-state index contributed by atoms with van der Waals surface area (Å²) in [5, 5.41) is 0. The maximum Gasteiger partial charge on any atom is 0.284 e. The lowest BCUT2D eigenvalue weighted by molar-refractivity contribution is 0.637. The molecule has 1 aromatic rings. The van der Waals surface area contributed by atoms with Crippen LogP contribution in [-0.4, -0.2) is 0 Å². The van der Waals surface area contributed by atoms with Gasteiger partial charge in [0.2, 0.25) is 0 Å². The van der Waals surface area contributed by atoms with E-state index in [4.69, 9.17) is 27.0 Å². The van der Waals surface area contributed by atoms with Gasteiger partial charge in [0.15, 0.2) is 0 Å². The topological polar surface area (TPSA) is 9.23 Å². The van der Waals surface area contributed by atoms with Crippen molar-refractivity contribution >= 4 is 29.3 Å². The van der Waals surface area contributed by atoms with Gasteiger partial charge in [-0.1, -0.05) is 17.7 Å². The minimum atomic E-state index is -1.34. The molecule has 0 aliphatic heterocycles. The number of hydrogen-bond acceptors (Lipinski definition) is 1. The maximum absolute atomic E-state index is 5.46. The summed E-state index contributed by atoms with van der Waals surface area (Å²) in [7, 11) is 0. The van der Waals surface area contributed by atoms with Crippen molar-refractivity contribution in [1.82, 2.24) is 0 Å². The van der Waals surface area contributed by atoms with Crippen molar-refractivity contribution in [2.45, 2.75) is 6.92 Å². The van der Waals surface area contributed by atoms with Crippen LogP contribution in [0.4, 0.5) is 0 Å². The monoisotopic (exact) mass is 208 g/mol. The van der Waals surface area contributed by atoms with E-state index in [1.807, 2.05) is 31.2 Å². The highest BCUT2D eigenvalue weighted by Gasteiger charge is 2.00. The minimum absolute atomic E-state index is 0.715. The number of halogens is 2. The molecule has 0 heterocycles. The van der Waals surface area contributed by atoms with Gasteiger partial charge in [0.05, 0.1) is 0 Å². The molecule has 0 saturated heterocycles. The van der Waals surface area contributed by atoms with Gasteiger partial charge >= 0.3 is 0 Å². The second kappa shape index (κ2) is 4.15. The lowest BCUT2D eigenvalue weighted by Crippen LogP contribution is -1.77. The van der Waals surface area contributed by atoms with E-state index in [1.165, 1.54) is 5.56 Å². The second-order valence-electron chi connectivity index (χ2n) is 2.11. The summed E-state index contributed by atoms with van der Waals surface area (Å²) in [6.07, 6.45) is 0. The Balaban J connectivity index is 2.66. The molecule has 0 bridgehead atoms. The van der Waals surface area contributed by atoms with Crippen LogP contribution < -0.4 is 4.52 Å². The first-order chi connectivity index (χ1) is 5.18. The van der Waals surface area contributed by atoms with Crippen LogP contribution in [0.2, 0.25) is 0 Å². The number of rotatable bonds is 2. The van der Waals surface area contributed by atoms with Gasteiger partial charge < -0.3 is 4.52 Å². The van der Waals surface area contributed by atoms with Crippen LogP contribution in [0, 0.1) is 6.92 Å². The summed E-state index contributed by atoms with van der Waals surface area (Å²) >= 11 is 10.9. The SMILES string of the molecule is Cc1ccc(OP(Cl)Cl)cc1. The van der Waals surface area contributed by atoms with E-state index >= 15 is 0 Å². The molecule has 1 nitrogen and oxygen atoms in total. The first-order valence-corrected chi connectivity index (χ1v) is 6.12. The van der Waals surface area contributed by atoms with E-state index in [1.54, 1.807) is 0 Å². The number of benzene rings is 1. The average molecular weight is 209 g/mol. The Morgan fingerprint density at radius 2 is 1.73 bits per heavy atom. The van der Waals surface area contributed by atoms with Crippen molar-refractivity contribution in [3.63, 3.8) is 0 Å². The van der Waals surface area contributed by atoms with Crippen molar-refractivity contribution in [3.05, 3.63) is 29.8 Å². The minimum Gasteiger partial charge on any atom is -0.445 e. The Hall–Kier alpha value is 0.0300. The standard InChI is InChI=1S/C7H7Cl2OP/c1-6-2-4-7(5-3-6)10-11(8)9/h2-5H,1H3. The molecule has 0 saturated carbocycles. The predicted octanol–water partition coefficient (Wildman–Crippen LogP) is 4.08. The predicted molar refractivity (Wildman–Crippen MR) is 50.4 cm³/mol. The smallest absolute Gasteiger partial charge is 0.284 e. The van der Waals surface area contributed by atoms with Crippen LogP contribution in [0.1, 0.15) is 5.56 Å². The van der Waals surface area contributed by atoms with Crippen LogP contribution in [0.15, 0.2) is 24.3 Å². The third-order valence-electron chi connectivity index (χ3n) is 1.20. The third kappa shape index (κ3) is 3.29. The van der Waals surface area contributed by atoms with E-state index in [2.05, 4.69) is 0 Å². The maximum atomic E-state index is 5.46. The molecule has 0 spiro atoms. The molecule has 0 aliphatic rings. The Labute approximate surface area is 76.7 Å². The molecule has 0 aliphatic carbocycles. The average Bonchev–Trinajstić information content (AvgIpc) is 1.93. The van der Waals surface area contributed by atoms with Crippen molar-refractivity contribution in [3.8, 4) is 5.75 Å². The fraction of sp³-hybridized carbons (Fsp3) is 0.143. The van der Waals surface area contributed by atoms with Crippen LogP contribution in [0.25, 0.3) is 0 Å². The molecule has 0 N–H and O–H groups in total. The molecule has 0 fully saturated rings. The highest BCUT2D eigenvalue weighted by atomic mass is 35.9. The van der Waals surface area contributed by atoms with E-state index in [0.29, 0.717) is 5.75 Å². The normalized spacial score (nSPS) is 10.2. The Morgan fingerprint density at radius 3 is 2.18 bits per heavy atom. The first-order valence-electron chi connectivity index (χ1n) is 3.05. The lowest BCUT2D eigenvalue weighted by Gasteiger charge is -2.03. The number of hydrogen-bond donors (Lipinski definition) is 0. The molecule has 0 atom stereocenters. The Kier molecular flexibility index (Phi) is 3.45. The van der Waals surface area contributed by atoms with Gasteiger partial charge in [-0.25, -0.2) is 0 Å². The van der Waals surface area contributed by atoms with Gasteiger partial charge in [0, 0.05) is 0 Å². The largest absolute Gasteiger partial charge is 0.445 e. The van der Waals surface area contributed by atoms with Crippen molar-refractivity contribution in [1.29, 1.82) is 0 Å². The molecule has 0 radical (unpaired) electrons. The highest BCUT2D eigenvalue weighted by Crippen LogP contribution is 2.47. The van der Waals surface area contributed by atoms with Crippen molar-refractivity contribution in [2.75, 3.05) is 0 Å². The van der Waals surface area contributed by atoms with Gasteiger partial charge in [0.25, 0.3) is 6.85 Å². The summed E-state index contributed by atoms with van der Waals surface area (Å²) in [6, 6.07) is 7.58. The zero-order valence-electron chi connectivity index (χ0n) is 5.92. The molecule has 0 amide bonds. The Morgan fingerprint density at radius 1 is 1.18 bits per heavy atom. The van der Waals surface area contributed by atoms with Crippen LogP contribution in [0.5, 0.6) is 5.75 Å². The molecule has 60 valence electrons. The van der Waals surface area contributed by atoms with E-state index in [-0.39, 0.29) is 0 Å². The molecule has 1 aromatic carbocycles.